The number of methoxy groups -OCH3 is 1. The fourth-order valence-corrected chi connectivity index (χ4v) is 2.35. The van der Waals surface area contributed by atoms with Gasteiger partial charge in [-0.2, -0.15) is 0 Å². The minimum absolute atomic E-state index is 0.648. The minimum atomic E-state index is 0.648. The highest BCUT2D eigenvalue weighted by atomic mass is 32.1. The zero-order valence-corrected chi connectivity index (χ0v) is 11.2. The monoisotopic (exact) mass is 267 g/mol. The molecule has 0 saturated carbocycles. The van der Waals surface area contributed by atoms with Gasteiger partial charge in [0.15, 0.2) is 0 Å². The third kappa shape index (κ3) is 3.63. The molecule has 1 N–H and O–H groups in total. The van der Waals surface area contributed by atoms with Crippen LogP contribution in [0.1, 0.15) is 6.42 Å². The van der Waals surface area contributed by atoms with E-state index in [0.29, 0.717) is 13.2 Å². The summed E-state index contributed by atoms with van der Waals surface area (Å²) in [6.07, 6.45) is 2.53. The quantitative estimate of drug-likeness (QED) is 0.743. The lowest BCUT2D eigenvalue weighted by atomic mass is 10.4. The Kier molecular flexibility index (Phi) is 5.32. The normalized spacial score (nSPS) is 10.9. The number of fused-ring (bicyclic) bond motifs is 1. The molecule has 5 nitrogen and oxygen atoms in total. The number of ether oxygens (including phenoxy) is 2. The van der Waals surface area contributed by atoms with Gasteiger partial charge in [0.05, 0.1) is 23.4 Å². The van der Waals surface area contributed by atoms with Crippen molar-refractivity contribution in [1.82, 2.24) is 9.97 Å². The first kappa shape index (κ1) is 13.2. The summed E-state index contributed by atoms with van der Waals surface area (Å²) >= 11 is 1.65. The van der Waals surface area contributed by atoms with Crippen molar-refractivity contribution in [3.8, 4) is 0 Å². The van der Waals surface area contributed by atoms with Gasteiger partial charge in [0.25, 0.3) is 0 Å². The number of aromatic nitrogens is 2. The van der Waals surface area contributed by atoms with Crippen LogP contribution in [0.2, 0.25) is 0 Å². The first-order valence-electron chi connectivity index (χ1n) is 5.90. The summed E-state index contributed by atoms with van der Waals surface area (Å²) in [5, 5.41) is 5.34. The fraction of sp³-hybridized carbons (Fsp3) is 0.500. The topological polar surface area (TPSA) is 56.3 Å². The van der Waals surface area contributed by atoms with E-state index in [0.717, 1.165) is 35.6 Å². The number of nitrogens with zero attached hydrogens (tertiary/aromatic N) is 2. The van der Waals surface area contributed by atoms with Crippen LogP contribution in [0.25, 0.3) is 10.2 Å². The van der Waals surface area contributed by atoms with Crippen molar-refractivity contribution in [3.63, 3.8) is 0 Å². The van der Waals surface area contributed by atoms with E-state index in [2.05, 4.69) is 15.3 Å². The van der Waals surface area contributed by atoms with Crippen LogP contribution in [0, 0.1) is 0 Å². The highest BCUT2D eigenvalue weighted by Crippen LogP contribution is 2.24. The van der Waals surface area contributed by atoms with E-state index in [-0.39, 0.29) is 0 Å². The number of nitrogens with one attached hydrogen (secondary N) is 1. The van der Waals surface area contributed by atoms with Gasteiger partial charge in [-0.1, -0.05) is 0 Å². The van der Waals surface area contributed by atoms with Gasteiger partial charge in [-0.25, -0.2) is 9.97 Å². The van der Waals surface area contributed by atoms with Crippen molar-refractivity contribution in [1.29, 1.82) is 0 Å². The van der Waals surface area contributed by atoms with Crippen LogP contribution in [0.5, 0.6) is 0 Å². The van der Waals surface area contributed by atoms with Gasteiger partial charge in [-0.3, -0.25) is 0 Å². The van der Waals surface area contributed by atoms with Crippen LogP contribution in [0.15, 0.2) is 17.8 Å². The van der Waals surface area contributed by atoms with E-state index in [1.807, 2.05) is 11.4 Å². The zero-order chi connectivity index (χ0) is 12.6. The lowest BCUT2D eigenvalue weighted by Gasteiger charge is -2.06. The Morgan fingerprint density at radius 1 is 1.28 bits per heavy atom. The lowest BCUT2D eigenvalue weighted by Crippen LogP contribution is -2.09. The average Bonchev–Trinajstić information content (AvgIpc) is 2.86. The van der Waals surface area contributed by atoms with Crippen LogP contribution in [0.4, 0.5) is 5.82 Å². The van der Waals surface area contributed by atoms with Gasteiger partial charge >= 0.3 is 0 Å². The Labute approximate surface area is 110 Å². The summed E-state index contributed by atoms with van der Waals surface area (Å²) in [5.41, 5.74) is 0.994. The Bertz CT molecular complexity index is 475. The third-order valence-electron chi connectivity index (χ3n) is 2.43. The number of anilines is 1. The molecule has 0 aliphatic carbocycles. The van der Waals surface area contributed by atoms with Crippen molar-refractivity contribution < 1.29 is 9.47 Å². The van der Waals surface area contributed by atoms with Crippen LogP contribution >= 0.6 is 11.3 Å². The number of hydrogen-bond acceptors (Lipinski definition) is 6. The van der Waals surface area contributed by atoms with E-state index < -0.39 is 0 Å². The second-order valence-corrected chi connectivity index (χ2v) is 4.66. The van der Waals surface area contributed by atoms with Crippen molar-refractivity contribution in [2.75, 3.05) is 38.8 Å². The predicted molar refractivity (Wildman–Crippen MR) is 73.2 cm³/mol. The van der Waals surface area contributed by atoms with Crippen LogP contribution in [0.3, 0.4) is 0 Å². The summed E-state index contributed by atoms with van der Waals surface area (Å²) in [4.78, 5) is 8.45. The summed E-state index contributed by atoms with van der Waals surface area (Å²) < 4.78 is 11.4. The van der Waals surface area contributed by atoms with Crippen molar-refractivity contribution >= 4 is 27.4 Å². The molecule has 2 rings (SSSR count). The Morgan fingerprint density at radius 2 is 2.22 bits per heavy atom. The molecule has 0 spiro atoms. The third-order valence-corrected chi connectivity index (χ3v) is 3.34. The van der Waals surface area contributed by atoms with Crippen LogP contribution in [-0.4, -0.2) is 43.4 Å². The second-order valence-electron chi connectivity index (χ2n) is 3.74. The van der Waals surface area contributed by atoms with Crippen molar-refractivity contribution in [3.05, 3.63) is 17.8 Å². The molecule has 0 atom stereocenters. The molecule has 0 unspecified atom stereocenters. The van der Waals surface area contributed by atoms with Crippen LogP contribution < -0.4 is 5.32 Å². The fourth-order valence-electron chi connectivity index (χ4n) is 1.54. The molecule has 0 fully saturated rings. The highest BCUT2D eigenvalue weighted by molar-refractivity contribution is 7.17. The van der Waals surface area contributed by atoms with Gasteiger partial charge in [-0.15, -0.1) is 11.3 Å². The Hall–Kier alpha value is -1.24. The molecule has 0 radical (unpaired) electrons. The maximum Gasteiger partial charge on any atom is 0.147 e. The lowest BCUT2D eigenvalue weighted by molar-refractivity contribution is 0.0705. The zero-order valence-electron chi connectivity index (χ0n) is 10.4. The standard InChI is InChI=1S/C12H17N3O2S/c1-16-6-7-17-5-2-4-13-12-11-10(3-8-18-11)14-9-15-12/h3,8-9H,2,4-7H2,1H3,(H,13,14,15). The number of thiophene rings is 1. The first-order valence-corrected chi connectivity index (χ1v) is 6.78. The van der Waals surface area contributed by atoms with E-state index in [1.54, 1.807) is 24.8 Å². The van der Waals surface area contributed by atoms with Gasteiger partial charge in [0.1, 0.15) is 12.1 Å². The molecule has 0 aliphatic rings. The summed E-state index contributed by atoms with van der Waals surface area (Å²) in [5.74, 6) is 0.909. The van der Waals surface area contributed by atoms with Crippen molar-refractivity contribution in [2.45, 2.75) is 6.42 Å². The predicted octanol–water partition coefficient (Wildman–Crippen LogP) is 2.16. The molecule has 0 bridgehead atoms. The largest absolute Gasteiger partial charge is 0.382 e. The smallest absolute Gasteiger partial charge is 0.147 e. The molecule has 2 aromatic rings. The Balaban J connectivity index is 1.72. The van der Waals surface area contributed by atoms with Crippen LogP contribution in [-0.2, 0) is 9.47 Å². The van der Waals surface area contributed by atoms with Gasteiger partial charge in [0.2, 0.25) is 0 Å². The average molecular weight is 267 g/mol. The van der Waals surface area contributed by atoms with E-state index in [9.17, 15) is 0 Å². The van der Waals surface area contributed by atoms with Gasteiger partial charge < -0.3 is 14.8 Å². The maximum absolute atomic E-state index is 5.39. The molecular weight excluding hydrogens is 250 g/mol. The second kappa shape index (κ2) is 7.25. The van der Waals surface area contributed by atoms with E-state index >= 15 is 0 Å². The van der Waals surface area contributed by atoms with E-state index in [4.69, 9.17) is 9.47 Å². The first-order chi connectivity index (χ1) is 8.92. The molecule has 0 aromatic carbocycles. The van der Waals surface area contributed by atoms with Gasteiger partial charge in [0, 0.05) is 20.3 Å². The highest BCUT2D eigenvalue weighted by Gasteiger charge is 2.03. The minimum Gasteiger partial charge on any atom is -0.382 e. The maximum atomic E-state index is 5.39. The Morgan fingerprint density at radius 3 is 3.11 bits per heavy atom. The number of rotatable bonds is 8. The molecule has 98 valence electrons. The summed E-state index contributed by atoms with van der Waals surface area (Å²) in [6, 6.07) is 2.00. The molecule has 0 saturated heterocycles. The summed E-state index contributed by atoms with van der Waals surface area (Å²) in [7, 11) is 1.67. The van der Waals surface area contributed by atoms with Crippen molar-refractivity contribution in [2.24, 2.45) is 0 Å². The molecular formula is C12H17N3O2S. The molecule has 6 heteroatoms. The molecule has 0 aliphatic heterocycles. The molecule has 0 amide bonds. The SMILES string of the molecule is COCCOCCCNc1ncnc2ccsc12. The molecule has 2 heterocycles. The van der Waals surface area contributed by atoms with Gasteiger partial charge in [-0.05, 0) is 17.9 Å². The molecule has 18 heavy (non-hydrogen) atoms. The number of hydrogen-bond donors (Lipinski definition) is 1. The van der Waals surface area contributed by atoms with E-state index in [1.165, 1.54) is 0 Å². The summed E-state index contributed by atoms with van der Waals surface area (Å²) in [6.45, 7) is 2.88. The molecule has 2 aromatic heterocycles.